The Bertz CT molecular complexity index is 869. The van der Waals surface area contributed by atoms with Gasteiger partial charge in [0, 0.05) is 24.3 Å². The second-order valence-electron chi connectivity index (χ2n) is 6.33. The normalized spacial score (nSPS) is 18.3. The summed E-state index contributed by atoms with van der Waals surface area (Å²) in [5.74, 6) is 1.08. The lowest BCUT2D eigenvalue weighted by Gasteiger charge is -2.31. The summed E-state index contributed by atoms with van der Waals surface area (Å²) >= 11 is 5.63. The fraction of sp³-hybridized carbons (Fsp3) is 0.316. The number of rotatable bonds is 5. The lowest BCUT2D eigenvalue weighted by atomic mass is 10.1. The number of methoxy groups -OCH3 is 1. The van der Waals surface area contributed by atoms with Gasteiger partial charge >= 0.3 is 0 Å². The minimum Gasteiger partial charge on any atom is -0.497 e. The van der Waals surface area contributed by atoms with E-state index in [9.17, 15) is 8.42 Å². The van der Waals surface area contributed by atoms with Gasteiger partial charge in [-0.15, -0.1) is 0 Å². The summed E-state index contributed by atoms with van der Waals surface area (Å²) in [7, 11) is -1.39. The number of benzene rings is 2. The molecule has 1 atom stereocenters. The minimum atomic E-state index is -3.00. The summed E-state index contributed by atoms with van der Waals surface area (Å²) in [6.07, 6.45) is 0.592. The molecule has 138 valence electrons. The van der Waals surface area contributed by atoms with Crippen LogP contribution >= 0.6 is 12.2 Å². The molecule has 0 bridgehead atoms. The van der Waals surface area contributed by atoms with Crippen LogP contribution in [0.15, 0.2) is 54.6 Å². The Kier molecular flexibility index (Phi) is 5.78. The minimum absolute atomic E-state index is 0.120. The van der Waals surface area contributed by atoms with Gasteiger partial charge in [0.2, 0.25) is 0 Å². The molecule has 0 unspecified atom stereocenters. The Morgan fingerprint density at radius 1 is 1.23 bits per heavy atom. The van der Waals surface area contributed by atoms with Crippen molar-refractivity contribution in [1.29, 1.82) is 0 Å². The first-order valence-corrected chi connectivity index (χ1v) is 10.7. The maximum atomic E-state index is 12.0. The first-order chi connectivity index (χ1) is 12.5. The Labute approximate surface area is 159 Å². The second-order valence-corrected chi connectivity index (χ2v) is 8.95. The molecule has 5 nitrogen and oxygen atoms in total. The van der Waals surface area contributed by atoms with Gasteiger partial charge in [-0.1, -0.05) is 36.4 Å². The topological polar surface area (TPSA) is 58.6 Å². The predicted molar refractivity (Wildman–Crippen MR) is 108 cm³/mol. The molecular weight excluding hydrogens is 368 g/mol. The zero-order valence-electron chi connectivity index (χ0n) is 14.6. The summed E-state index contributed by atoms with van der Waals surface area (Å²) in [4.78, 5) is 1.98. The highest BCUT2D eigenvalue weighted by Crippen LogP contribution is 2.23. The lowest BCUT2D eigenvalue weighted by molar-refractivity contribution is 0.332. The molecule has 0 aromatic heterocycles. The number of hydrogen-bond acceptors (Lipinski definition) is 4. The van der Waals surface area contributed by atoms with Crippen LogP contribution in [-0.4, -0.2) is 43.1 Å². The Morgan fingerprint density at radius 3 is 2.65 bits per heavy atom. The fourth-order valence-electron chi connectivity index (χ4n) is 3.06. The third-order valence-electron chi connectivity index (χ3n) is 4.43. The highest BCUT2D eigenvalue weighted by atomic mass is 32.2. The maximum absolute atomic E-state index is 12.0. The monoisotopic (exact) mass is 390 g/mol. The molecule has 1 N–H and O–H groups in total. The van der Waals surface area contributed by atoms with Gasteiger partial charge in [0.15, 0.2) is 14.9 Å². The molecule has 1 aliphatic heterocycles. The van der Waals surface area contributed by atoms with E-state index in [0.29, 0.717) is 18.1 Å². The van der Waals surface area contributed by atoms with E-state index >= 15 is 0 Å². The fourth-order valence-corrected chi connectivity index (χ4v) is 5.13. The van der Waals surface area contributed by atoms with Crippen LogP contribution in [0, 0.1) is 0 Å². The molecular formula is C19H22N2O3S2. The van der Waals surface area contributed by atoms with Gasteiger partial charge in [-0.05, 0) is 36.3 Å². The Hall–Kier alpha value is -2.12. The van der Waals surface area contributed by atoms with E-state index in [-0.39, 0.29) is 17.5 Å². The molecule has 0 saturated carbocycles. The van der Waals surface area contributed by atoms with Crippen molar-refractivity contribution < 1.29 is 13.2 Å². The van der Waals surface area contributed by atoms with Gasteiger partial charge in [0.1, 0.15) is 5.75 Å². The summed E-state index contributed by atoms with van der Waals surface area (Å²) in [6, 6.07) is 17.3. The Morgan fingerprint density at radius 2 is 2.00 bits per heavy atom. The first kappa shape index (κ1) is 18.7. The number of anilines is 1. The van der Waals surface area contributed by atoms with Crippen molar-refractivity contribution in [2.24, 2.45) is 0 Å². The van der Waals surface area contributed by atoms with Gasteiger partial charge in [-0.25, -0.2) is 8.42 Å². The van der Waals surface area contributed by atoms with Crippen molar-refractivity contribution in [2.45, 2.75) is 19.0 Å². The highest BCUT2D eigenvalue weighted by molar-refractivity contribution is 7.91. The molecule has 1 aliphatic rings. The third-order valence-corrected chi connectivity index (χ3v) is 6.51. The summed E-state index contributed by atoms with van der Waals surface area (Å²) in [5, 5.41) is 3.74. The molecule has 1 saturated heterocycles. The standard InChI is InChI=1S/C19H22N2O3S2/c1-24-18-9-5-8-16(12-18)20-19(25)21(13-15-6-3-2-4-7-15)17-10-11-26(22,23)14-17/h2-9,12,17H,10-11,13-14H2,1H3,(H,20,25)/t17-/m1/s1. The number of sulfone groups is 1. The number of hydrogen-bond donors (Lipinski definition) is 1. The molecule has 26 heavy (non-hydrogen) atoms. The van der Waals surface area contributed by atoms with Crippen LogP contribution in [0.1, 0.15) is 12.0 Å². The van der Waals surface area contributed by atoms with Crippen LogP contribution in [0.2, 0.25) is 0 Å². The molecule has 0 amide bonds. The lowest BCUT2D eigenvalue weighted by Crippen LogP contribution is -2.42. The van der Waals surface area contributed by atoms with Crippen molar-refractivity contribution in [2.75, 3.05) is 23.9 Å². The number of ether oxygens (including phenoxy) is 1. The van der Waals surface area contributed by atoms with Crippen LogP contribution < -0.4 is 10.1 Å². The third kappa shape index (κ3) is 4.74. The van der Waals surface area contributed by atoms with Crippen molar-refractivity contribution in [3.8, 4) is 5.75 Å². The average Bonchev–Trinajstić information content (AvgIpc) is 3.00. The van der Waals surface area contributed by atoms with Gasteiger partial charge in [-0.2, -0.15) is 0 Å². The van der Waals surface area contributed by atoms with E-state index in [4.69, 9.17) is 17.0 Å². The quantitative estimate of drug-likeness (QED) is 0.792. The molecule has 2 aromatic rings. The molecule has 1 fully saturated rings. The maximum Gasteiger partial charge on any atom is 0.174 e. The summed E-state index contributed by atoms with van der Waals surface area (Å²) < 4.78 is 29.2. The smallest absolute Gasteiger partial charge is 0.174 e. The number of thiocarbonyl (C=S) groups is 1. The van der Waals surface area contributed by atoms with Crippen molar-refractivity contribution in [1.82, 2.24) is 4.90 Å². The molecule has 0 radical (unpaired) electrons. The summed E-state index contributed by atoms with van der Waals surface area (Å²) in [6.45, 7) is 0.566. The predicted octanol–water partition coefficient (Wildman–Crippen LogP) is 3.08. The van der Waals surface area contributed by atoms with Crippen LogP contribution in [-0.2, 0) is 16.4 Å². The zero-order chi connectivity index (χ0) is 18.6. The molecule has 7 heteroatoms. The number of nitrogens with one attached hydrogen (secondary N) is 1. The van der Waals surface area contributed by atoms with E-state index in [1.54, 1.807) is 7.11 Å². The van der Waals surface area contributed by atoms with Crippen LogP contribution in [0.3, 0.4) is 0 Å². The Balaban J connectivity index is 1.80. The van der Waals surface area contributed by atoms with Gasteiger partial charge in [-0.3, -0.25) is 0 Å². The average molecular weight is 391 g/mol. The van der Waals surface area contributed by atoms with Crippen LogP contribution in [0.25, 0.3) is 0 Å². The van der Waals surface area contributed by atoms with Crippen molar-refractivity contribution in [3.05, 3.63) is 60.2 Å². The molecule has 2 aromatic carbocycles. The molecule has 0 spiro atoms. The molecule has 0 aliphatic carbocycles. The molecule has 3 rings (SSSR count). The van der Waals surface area contributed by atoms with Crippen molar-refractivity contribution in [3.63, 3.8) is 0 Å². The van der Waals surface area contributed by atoms with Crippen LogP contribution in [0.5, 0.6) is 5.75 Å². The van der Waals surface area contributed by atoms with E-state index < -0.39 is 9.84 Å². The van der Waals surface area contributed by atoms with Crippen LogP contribution in [0.4, 0.5) is 5.69 Å². The van der Waals surface area contributed by atoms with E-state index in [2.05, 4.69) is 5.32 Å². The SMILES string of the molecule is COc1cccc(NC(=S)N(Cc2ccccc2)[C@@H]2CCS(=O)(=O)C2)c1. The molecule has 1 heterocycles. The van der Waals surface area contributed by atoms with Crippen molar-refractivity contribution >= 4 is 32.9 Å². The van der Waals surface area contributed by atoms with Gasteiger partial charge in [0.25, 0.3) is 0 Å². The second kappa shape index (κ2) is 8.05. The zero-order valence-corrected chi connectivity index (χ0v) is 16.2. The summed E-state index contributed by atoms with van der Waals surface area (Å²) in [5.41, 5.74) is 1.90. The van der Waals surface area contributed by atoms with E-state index in [1.165, 1.54) is 0 Å². The first-order valence-electron chi connectivity index (χ1n) is 8.43. The van der Waals surface area contributed by atoms with E-state index in [0.717, 1.165) is 17.0 Å². The largest absolute Gasteiger partial charge is 0.497 e. The number of nitrogens with zero attached hydrogens (tertiary/aromatic N) is 1. The van der Waals surface area contributed by atoms with Gasteiger partial charge < -0.3 is 15.0 Å². The highest BCUT2D eigenvalue weighted by Gasteiger charge is 2.33. The van der Waals surface area contributed by atoms with E-state index in [1.807, 2.05) is 59.5 Å². The van der Waals surface area contributed by atoms with Gasteiger partial charge in [0.05, 0.1) is 18.6 Å².